The highest BCUT2D eigenvalue weighted by Gasteiger charge is 2.24. The SMILES string of the molecule is CC(=O)C(N=Nc1cccc(S(=O)(=O)Nc2ccccc2C(=O)O)c1)C(=O)c1ccccc1. The van der Waals surface area contributed by atoms with E-state index >= 15 is 0 Å². The van der Waals surface area contributed by atoms with E-state index in [9.17, 15) is 27.9 Å². The number of Topliss-reactive ketones (excluding diaryl/α,β-unsaturated/α-hetero) is 2. The van der Waals surface area contributed by atoms with Crippen LogP contribution in [0.4, 0.5) is 11.4 Å². The lowest BCUT2D eigenvalue weighted by Gasteiger charge is -2.11. The van der Waals surface area contributed by atoms with Crippen molar-refractivity contribution in [2.45, 2.75) is 17.9 Å². The number of benzene rings is 3. The van der Waals surface area contributed by atoms with Gasteiger partial charge in [0.2, 0.25) is 0 Å². The third-order valence-electron chi connectivity index (χ3n) is 4.51. The van der Waals surface area contributed by atoms with Crippen molar-refractivity contribution in [2.75, 3.05) is 4.72 Å². The zero-order valence-corrected chi connectivity index (χ0v) is 18.2. The van der Waals surface area contributed by atoms with Gasteiger partial charge in [0.05, 0.1) is 21.8 Å². The summed E-state index contributed by atoms with van der Waals surface area (Å²) < 4.78 is 27.8. The number of hydrogen-bond acceptors (Lipinski definition) is 7. The number of rotatable bonds is 9. The van der Waals surface area contributed by atoms with Crippen LogP contribution in [0.5, 0.6) is 0 Å². The predicted molar refractivity (Wildman–Crippen MR) is 120 cm³/mol. The number of nitrogens with zero attached hydrogens (tertiary/aromatic N) is 2. The highest BCUT2D eigenvalue weighted by Crippen LogP contribution is 2.24. The maximum atomic E-state index is 12.8. The van der Waals surface area contributed by atoms with E-state index in [0.29, 0.717) is 5.56 Å². The molecule has 0 heterocycles. The number of azo groups is 1. The number of para-hydroxylation sites is 1. The van der Waals surface area contributed by atoms with Gasteiger partial charge in [0.25, 0.3) is 10.0 Å². The molecular weight excluding hydrogens is 446 g/mol. The number of carboxylic acid groups (broad SMARTS) is 1. The van der Waals surface area contributed by atoms with Crippen molar-refractivity contribution in [3.05, 3.63) is 90.0 Å². The number of anilines is 1. The molecule has 1 unspecified atom stereocenters. The Morgan fingerprint density at radius 3 is 2.24 bits per heavy atom. The van der Waals surface area contributed by atoms with Crippen LogP contribution in [-0.4, -0.2) is 37.1 Å². The molecule has 9 nitrogen and oxygen atoms in total. The Morgan fingerprint density at radius 1 is 0.909 bits per heavy atom. The molecule has 0 fully saturated rings. The van der Waals surface area contributed by atoms with Crippen LogP contribution in [0.1, 0.15) is 27.6 Å². The fourth-order valence-electron chi connectivity index (χ4n) is 2.88. The van der Waals surface area contributed by atoms with Crippen LogP contribution < -0.4 is 4.72 Å². The second kappa shape index (κ2) is 9.96. The highest BCUT2D eigenvalue weighted by atomic mass is 32.2. The van der Waals surface area contributed by atoms with Crippen LogP contribution in [0.15, 0.2) is 94.0 Å². The molecule has 3 aromatic rings. The molecular formula is C23H19N3O6S. The number of carbonyl (C=O) groups excluding carboxylic acids is 2. The number of carboxylic acids is 1. The second-order valence-electron chi connectivity index (χ2n) is 6.91. The van der Waals surface area contributed by atoms with Gasteiger partial charge >= 0.3 is 5.97 Å². The third-order valence-corrected chi connectivity index (χ3v) is 5.87. The minimum Gasteiger partial charge on any atom is -0.478 e. The van der Waals surface area contributed by atoms with Gasteiger partial charge in [0.1, 0.15) is 0 Å². The summed E-state index contributed by atoms with van der Waals surface area (Å²) in [5, 5.41) is 17.0. The fourth-order valence-corrected chi connectivity index (χ4v) is 4.00. The van der Waals surface area contributed by atoms with Gasteiger partial charge in [-0.05, 0) is 37.3 Å². The van der Waals surface area contributed by atoms with Gasteiger partial charge in [-0.15, -0.1) is 0 Å². The average molecular weight is 465 g/mol. The zero-order chi connectivity index (χ0) is 24.0. The summed E-state index contributed by atoms with van der Waals surface area (Å²) in [5.74, 6) is -2.32. The van der Waals surface area contributed by atoms with E-state index in [0.717, 1.165) is 0 Å². The van der Waals surface area contributed by atoms with Crippen molar-refractivity contribution in [3.63, 3.8) is 0 Å². The minimum absolute atomic E-state index is 0.0940. The molecule has 1 atom stereocenters. The second-order valence-corrected chi connectivity index (χ2v) is 8.59. The first-order valence-corrected chi connectivity index (χ1v) is 11.1. The van der Waals surface area contributed by atoms with Gasteiger partial charge in [0, 0.05) is 5.56 Å². The van der Waals surface area contributed by atoms with Crippen molar-refractivity contribution in [1.29, 1.82) is 0 Å². The lowest BCUT2D eigenvalue weighted by Crippen LogP contribution is -2.26. The van der Waals surface area contributed by atoms with Gasteiger partial charge in [0.15, 0.2) is 17.6 Å². The van der Waals surface area contributed by atoms with Gasteiger partial charge in [-0.3, -0.25) is 14.3 Å². The largest absolute Gasteiger partial charge is 0.478 e. The van der Waals surface area contributed by atoms with Gasteiger partial charge in [-0.2, -0.15) is 10.2 Å². The standard InChI is InChI=1S/C23H19N3O6S/c1-15(27)21(22(28)16-8-3-2-4-9-16)25-24-17-10-7-11-18(14-17)33(31,32)26-20-13-6-5-12-19(20)23(29)30/h2-14,21,26H,1H3,(H,29,30). The third kappa shape index (κ3) is 5.74. The summed E-state index contributed by atoms with van der Waals surface area (Å²) in [7, 11) is -4.15. The Kier molecular flexibility index (Phi) is 7.09. The van der Waals surface area contributed by atoms with E-state index < -0.39 is 33.6 Å². The van der Waals surface area contributed by atoms with E-state index in [2.05, 4.69) is 15.0 Å². The van der Waals surface area contributed by atoms with E-state index in [4.69, 9.17) is 0 Å². The maximum Gasteiger partial charge on any atom is 0.337 e. The Balaban J connectivity index is 1.87. The Labute approximate surface area is 189 Å². The molecule has 0 radical (unpaired) electrons. The minimum atomic E-state index is -4.15. The maximum absolute atomic E-state index is 12.8. The lowest BCUT2D eigenvalue weighted by molar-refractivity contribution is -0.117. The number of hydrogen-bond donors (Lipinski definition) is 2. The molecule has 2 N–H and O–H groups in total. The van der Waals surface area contributed by atoms with Crippen LogP contribution in [0, 0.1) is 0 Å². The van der Waals surface area contributed by atoms with Crippen molar-refractivity contribution >= 4 is 38.9 Å². The van der Waals surface area contributed by atoms with E-state index in [1.807, 2.05) is 0 Å². The molecule has 0 spiro atoms. The zero-order valence-electron chi connectivity index (χ0n) is 17.4. The number of nitrogens with one attached hydrogen (secondary N) is 1. The van der Waals surface area contributed by atoms with E-state index in [1.165, 1.54) is 55.5 Å². The van der Waals surface area contributed by atoms with Crippen LogP contribution >= 0.6 is 0 Å². The molecule has 0 aromatic heterocycles. The van der Waals surface area contributed by atoms with E-state index in [-0.39, 0.29) is 21.8 Å². The number of sulfonamides is 1. The van der Waals surface area contributed by atoms with E-state index in [1.54, 1.807) is 30.3 Å². The predicted octanol–water partition coefficient (Wildman–Crippen LogP) is 4.11. The first-order valence-electron chi connectivity index (χ1n) is 9.65. The summed E-state index contributed by atoms with van der Waals surface area (Å²) in [6.45, 7) is 1.22. The smallest absolute Gasteiger partial charge is 0.337 e. The molecule has 0 bridgehead atoms. The monoisotopic (exact) mass is 465 g/mol. The molecule has 0 aliphatic carbocycles. The molecule has 0 amide bonds. The van der Waals surface area contributed by atoms with Gasteiger partial charge < -0.3 is 5.11 Å². The molecule has 0 aliphatic heterocycles. The van der Waals surface area contributed by atoms with Gasteiger partial charge in [-0.25, -0.2) is 13.2 Å². The number of aromatic carboxylic acids is 1. The van der Waals surface area contributed by atoms with Crippen LogP contribution in [0.25, 0.3) is 0 Å². The van der Waals surface area contributed by atoms with Crippen LogP contribution in [0.2, 0.25) is 0 Å². The summed E-state index contributed by atoms with van der Waals surface area (Å²) in [4.78, 5) is 35.7. The lowest BCUT2D eigenvalue weighted by atomic mass is 10.0. The topological polar surface area (TPSA) is 142 Å². The molecule has 0 aliphatic rings. The Bertz CT molecular complexity index is 1340. The van der Waals surface area contributed by atoms with Crippen molar-refractivity contribution < 1.29 is 27.9 Å². The molecule has 3 aromatic carbocycles. The molecule has 3 rings (SSSR count). The molecule has 33 heavy (non-hydrogen) atoms. The molecule has 0 saturated heterocycles. The van der Waals surface area contributed by atoms with Crippen LogP contribution in [0.3, 0.4) is 0 Å². The van der Waals surface area contributed by atoms with Crippen molar-refractivity contribution in [1.82, 2.24) is 0 Å². The first-order chi connectivity index (χ1) is 15.7. The number of carbonyl (C=O) groups is 3. The average Bonchev–Trinajstić information content (AvgIpc) is 2.79. The first kappa shape index (κ1) is 23.5. The fraction of sp³-hybridized carbons (Fsp3) is 0.0870. The number of ketones is 2. The molecule has 168 valence electrons. The van der Waals surface area contributed by atoms with Crippen molar-refractivity contribution in [2.24, 2.45) is 10.2 Å². The van der Waals surface area contributed by atoms with Crippen LogP contribution in [-0.2, 0) is 14.8 Å². The van der Waals surface area contributed by atoms with Gasteiger partial charge in [-0.1, -0.05) is 48.5 Å². The summed E-state index contributed by atoms with van der Waals surface area (Å²) in [6, 6.07) is 17.7. The summed E-state index contributed by atoms with van der Waals surface area (Å²) in [6.07, 6.45) is 0. The summed E-state index contributed by atoms with van der Waals surface area (Å²) >= 11 is 0. The molecule has 0 saturated carbocycles. The molecule has 10 heteroatoms. The highest BCUT2D eigenvalue weighted by molar-refractivity contribution is 7.92. The Morgan fingerprint density at radius 2 is 1.58 bits per heavy atom. The Hall–Kier alpha value is -4.18. The normalized spacial score (nSPS) is 12.3. The quantitative estimate of drug-likeness (QED) is 0.277. The van der Waals surface area contributed by atoms with Crippen molar-refractivity contribution in [3.8, 4) is 0 Å². The summed E-state index contributed by atoms with van der Waals surface area (Å²) in [5.41, 5.74) is 0.0913.